The van der Waals surface area contributed by atoms with E-state index < -0.39 is 5.60 Å². The average Bonchev–Trinajstić information content (AvgIpc) is 2.54. The average molecular weight is 240 g/mol. The molecule has 0 saturated carbocycles. The molecule has 1 heterocycles. The molecule has 1 rings (SSSR count). The number of nitrogens with zero attached hydrogens (tertiary/aromatic N) is 4. The molecule has 0 aliphatic carbocycles. The summed E-state index contributed by atoms with van der Waals surface area (Å²) < 4.78 is 5.33. The second kappa shape index (κ2) is 5.27. The minimum atomic E-state index is -0.494. The van der Waals surface area contributed by atoms with Crippen molar-refractivity contribution in [3.63, 3.8) is 0 Å². The summed E-state index contributed by atoms with van der Waals surface area (Å²) in [6.07, 6.45) is 0.540. The molecule has 0 unspecified atom stereocenters. The molecule has 6 heteroatoms. The van der Waals surface area contributed by atoms with Crippen molar-refractivity contribution in [1.82, 2.24) is 4.90 Å². The zero-order chi connectivity index (χ0) is 13.1. The molecule has 1 amide bonds. The predicted octanol–water partition coefficient (Wildman–Crippen LogP) is 2.94. The van der Waals surface area contributed by atoms with E-state index in [1.165, 1.54) is 0 Å². The number of azide groups is 1. The molecular formula is C11H20N4O2. The number of carbonyl (C=O) groups excluding carboxylic acids is 1. The van der Waals surface area contributed by atoms with Gasteiger partial charge in [-0.05, 0) is 38.6 Å². The van der Waals surface area contributed by atoms with Gasteiger partial charge in [0.25, 0.3) is 0 Å². The smallest absolute Gasteiger partial charge is 0.410 e. The number of hydrogen-bond acceptors (Lipinski definition) is 3. The predicted molar refractivity (Wildman–Crippen MR) is 64.5 cm³/mol. The summed E-state index contributed by atoms with van der Waals surface area (Å²) in [6, 6.07) is -0.0317. The Labute approximate surface area is 102 Å². The molecule has 0 aromatic rings. The van der Waals surface area contributed by atoms with Crippen LogP contribution in [0.15, 0.2) is 5.11 Å². The second-order valence-electron chi connectivity index (χ2n) is 5.54. The lowest BCUT2D eigenvalue weighted by atomic mass is 10.1. The fourth-order valence-corrected chi connectivity index (χ4v) is 2.00. The van der Waals surface area contributed by atoms with E-state index >= 15 is 0 Å². The van der Waals surface area contributed by atoms with Gasteiger partial charge in [-0.2, -0.15) is 0 Å². The Morgan fingerprint density at radius 1 is 1.59 bits per heavy atom. The van der Waals surface area contributed by atoms with E-state index in [9.17, 15) is 4.79 Å². The molecule has 0 aromatic carbocycles. The third-order valence-corrected chi connectivity index (χ3v) is 2.61. The summed E-state index contributed by atoms with van der Waals surface area (Å²) in [6.45, 7) is 8.58. The van der Waals surface area contributed by atoms with Gasteiger partial charge in [0.15, 0.2) is 0 Å². The highest BCUT2D eigenvalue weighted by Gasteiger charge is 2.35. The first kappa shape index (κ1) is 13.6. The van der Waals surface area contributed by atoms with E-state index in [4.69, 9.17) is 10.3 Å². The van der Waals surface area contributed by atoms with Crippen molar-refractivity contribution in [2.45, 2.75) is 45.8 Å². The standard InChI is InChI=1S/C11H20N4O2/c1-8-5-9(6-13-14-12)15(7-8)10(16)17-11(2,3)4/h8-9H,5-7H2,1-4H3/t8-,9-/m1/s1. The number of rotatable bonds is 2. The van der Waals surface area contributed by atoms with Gasteiger partial charge in [-0.25, -0.2) is 4.79 Å². The number of likely N-dealkylation sites (tertiary alicyclic amines) is 1. The molecule has 1 aliphatic heterocycles. The Kier molecular flexibility index (Phi) is 4.23. The highest BCUT2D eigenvalue weighted by atomic mass is 16.6. The Balaban J connectivity index is 2.66. The first-order chi connectivity index (χ1) is 7.83. The van der Waals surface area contributed by atoms with Crippen LogP contribution in [0.1, 0.15) is 34.1 Å². The first-order valence-corrected chi connectivity index (χ1v) is 5.84. The van der Waals surface area contributed by atoms with Crippen LogP contribution < -0.4 is 0 Å². The van der Waals surface area contributed by atoms with Crippen molar-refractivity contribution in [3.8, 4) is 0 Å². The summed E-state index contributed by atoms with van der Waals surface area (Å²) in [4.78, 5) is 16.4. The molecule has 1 saturated heterocycles. The van der Waals surface area contributed by atoms with E-state index in [1.807, 2.05) is 20.8 Å². The minimum Gasteiger partial charge on any atom is -0.444 e. The van der Waals surface area contributed by atoms with Crippen LogP contribution >= 0.6 is 0 Å². The van der Waals surface area contributed by atoms with Crippen molar-refractivity contribution >= 4 is 6.09 Å². The van der Waals surface area contributed by atoms with Crippen molar-refractivity contribution in [2.24, 2.45) is 11.0 Å². The summed E-state index contributed by atoms with van der Waals surface area (Å²) in [5.74, 6) is 0.418. The van der Waals surface area contributed by atoms with Crippen molar-refractivity contribution < 1.29 is 9.53 Å². The summed E-state index contributed by atoms with van der Waals surface area (Å²) in [5.41, 5.74) is 7.83. The van der Waals surface area contributed by atoms with Gasteiger partial charge in [0.2, 0.25) is 0 Å². The monoisotopic (exact) mass is 240 g/mol. The maximum Gasteiger partial charge on any atom is 0.410 e. The molecular weight excluding hydrogens is 220 g/mol. The fraction of sp³-hybridized carbons (Fsp3) is 0.909. The van der Waals surface area contributed by atoms with Gasteiger partial charge in [-0.15, -0.1) is 0 Å². The lowest BCUT2D eigenvalue weighted by Gasteiger charge is -2.27. The SMILES string of the molecule is C[C@@H]1C[C@H](CN=[N+]=[N-])N(C(=O)OC(C)(C)C)C1. The molecule has 0 bridgehead atoms. The van der Waals surface area contributed by atoms with E-state index in [2.05, 4.69) is 16.9 Å². The van der Waals surface area contributed by atoms with Crippen molar-refractivity contribution in [1.29, 1.82) is 0 Å². The largest absolute Gasteiger partial charge is 0.444 e. The van der Waals surface area contributed by atoms with Crippen LogP contribution in [0.3, 0.4) is 0 Å². The summed E-state index contributed by atoms with van der Waals surface area (Å²) in [7, 11) is 0. The quantitative estimate of drug-likeness (QED) is 0.422. The Hall–Kier alpha value is -1.42. The lowest BCUT2D eigenvalue weighted by Crippen LogP contribution is -2.41. The number of ether oxygens (including phenoxy) is 1. The van der Waals surface area contributed by atoms with Crippen molar-refractivity contribution in [2.75, 3.05) is 13.1 Å². The van der Waals surface area contributed by atoms with E-state index in [-0.39, 0.29) is 12.1 Å². The first-order valence-electron chi connectivity index (χ1n) is 5.84. The minimum absolute atomic E-state index is 0.0317. The van der Waals surface area contributed by atoms with Gasteiger partial charge in [0.05, 0.1) is 0 Å². The van der Waals surface area contributed by atoms with Gasteiger partial charge in [-0.1, -0.05) is 12.0 Å². The van der Waals surface area contributed by atoms with E-state index in [0.717, 1.165) is 6.42 Å². The number of hydrogen-bond donors (Lipinski definition) is 0. The van der Waals surface area contributed by atoms with Crippen LogP contribution in [-0.4, -0.2) is 35.7 Å². The highest BCUT2D eigenvalue weighted by molar-refractivity contribution is 5.69. The molecule has 1 fully saturated rings. The van der Waals surface area contributed by atoms with Crippen LogP contribution in [0.2, 0.25) is 0 Å². The van der Waals surface area contributed by atoms with Crippen LogP contribution in [0.25, 0.3) is 10.4 Å². The van der Waals surface area contributed by atoms with Gasteiger partial charge < -0.3 is 9.64 Å². The lowest BCUT2D eigenvalue weighted by molar-refractivity contribution is 0.0228. The Bertz CT molecular complexity index is 331. The van der Waals surface area contributed by atoms with E-state index in [0.29, 0.717) is 19.0 Å². The number of amides is 1. The van der Waals surface area contributed by atoms with Gasteiger partial charge >= 0.3 is 6.09 Å². The third kappa shape index (κ3) is 4.15. The highest BCUT2D eigenvalue weighted by Crippen LogP contribution is 2.25. The molecule has 0 spiro atoms. The molecule has 0 aromatic heterocycles. The second-order valence-corrected chi connectivity index (χ2v) is 5.54. The van der Waals surface area contributed by atoms with Crippen LogP contribution in [-0.2, 0) is 4.74 Å². The van der Waals surface area contributed by atoms with Crippen LogP contribution in [0.4, 0.5) is 4.79 Å². The Morgan fingerprint density at radius 3 is 2.76 bits per heavy atom. The Morgan fingerprint density at radius 2 is 2.24 bits per heavy atom. The fourth-order valence-electron chi connectivity index (χ4n) is 2.00. The van der Waals surface area contributed by atoms with Gasteiger partial charge in [-0.3, -0.25) is 0 Å². The zero-order valence-corrected chi connectivity index (χ0v) is 10.9. The van der Waals surface area contributed by atoms with Gasteiger partial charge in [0, 0.05) is 24.0 Å². The molecule has 1 aliphatic rings. The van der Waals surface area contributed by atoms with Crippen LogP contribution in [0.5, 0.6) is 0 Å². The van der Waals surface area contributed by atoms with Crippen molar-refractivity contribution in [3.05, 3.63) is 10.4 Å². The molecule has 96 valence electrons. The molecule has 6 nitrogen and oxygen atoms in total. The summed E-state index contributed by atoms with van der Waals surface area (Å²) in [5, 5.41) is 3.55. The maximum absolute atomic E-state index is 11.9. The van der Waals surface area contributed by atoms with Crippen LogP contribution in [0, 0.1) is 5.92 Å². The maximum atomic E-state index is 11.9. The van der Waals surface area contributed by atoms with Gasteiger partial charge in [0.1, 0.15) is 5.60 Å². The molecule has 0 radical (unpaired) electrons. The molecule has 2 atom stereocenters. The molecule has 17 heavy (non-hydrogen) atoms. The zero-order valence-electron chi connectivity index (χ0n) is 10.9. The van der Waals surface area contributed by atoms with E-state index in [1.54, 1.807) is 4.90 Å². The summed E-state index contributed by atoms with van der Waals surface area (Å²) >= 11 is 0. The molecule has 0 N–H and O–H groups in total. The third-order valence-electron chi connectivity index (χ3n) is 2.61. The topological polar surface area (TPSA) is 78.3 Å². The number of carbonyl (C=O) groups is 1. The normalized spacial score (nSPS) is 24.4.